The van der Waals surface area contributed by atoms with Gasteiger partial charge in [-0.05, 0) is 36.6 Å². The molecule has 0 amide bonds. The van der Waals surface area contributed by atoms with E-state index in [1.807, 2.05) is 6.07 Å². The molecule has 25 heavy (non-hydrogen) atoms. The van der Waals surface area contributed by atoms with Gasteiger partial charge in [-0.25, -0.2) is 4.79 Å². The Morgan fingerprint density at radius 2 is 2.04 bits per heavy atom. The molecule has 2 heterocycles. The van der Waals surface area contributed by atoms with Crippen LogP contribution in [0.1, 0.15) is 5.56 Å². The van der Waals surface area contributed by atoms with Gasteiger partial charge >= 0.3 is 11.7 Å². The molecule has 1 aromatic rings. The molecular formula is C16H22ClN3O5. The minimum absolute atomic E-state index is 0. The van der Waals surface area contributed by atoms with E-state index in [1.165, 1.54) is 13.2 Å². The van der Waals surface area contributed by atoms with Crippen LogP contribution in [0.3, 0.4) is 0 Å². The fourth-order valence-corrected chi connectivity index (χ4v) is 3.46. The summed E-state index contributed by atoms with van der Waals surface area (Å²) >= 11 is 0. The van der Waals surface area contributed by atoms with Crippen molar-refractivity contribution >= 4 is 24.1 Å². The van der Waals surface area contributed by atoms with Crippen LogP contribution in [-0.4, -0.2) is 55.7 Å². The highest BCUT2D eigenvalue weighted by Crippen LogP contribution is 2.31. The number of carbonyl (C=O) groups excluding carboxylic acids is 1. The summed E-state index contributed by atoms with van der Waals surface area (Å²) < 4.78 is 9.67. The number of methoxy groups -OCH3 is 1. The van der Waals surface area contributed by atoms with Crippen molar-refractivity contribution in [2.45, 2.75) is 6.54 Å². The number of carbonyl (C=O) groups is 1. The number of esters is 1. The van der Waals surface area contributed by atoms with E-state index in [4.69, 9.17) is 4.74 Å². The van der Waals surface area contributed by atoms with Crippen molar-refractivity contribution in [2.24, 2.45) is 11.8 Å². The van der Waals surface area contributed by atoms with Gasteiger partial charge in [0.2, 0.25) is 0 Å². The molecule has 2 aliphatic rings. The first-order valence-corrected chi connectivity index (χ1v) is 7.97. The number of hydrogen-bond donors (Lipinski definition) is 1. The fourth-order valence-electron chi connectivity index (χ4n) is 3.46. The largest absolute Gasteiger partial charge is 0.475 e. The highest BCUT2D eigenvalue weighted by molar-refractivity contribution is 5.85. The molecule has 0 aliphatic carbocycles. The van der Waals surface area contributed by atoms with Crippen molar-refractivity contribution in [1.82, 2.24) is 10.2 Å². The summed E-state index contributed by atoms with van der Waals surface area (Å²) in [6.07, 6.45) is 0. The molecule has 9 heteroatoms. The van der Waals surface area contributed by atoms with Gasteiger partial charge in [0.05, 0.1) is 12.0 Å². The summed E-state index contributed by atoms with van der Waals surface area (Å²) in [5.74, 6) is 0.868. The molecule has 0 aromatic heterocycles. The Hall–Kier alpha value is -1.90. The predicted molar refractivity (Wildman–Crippen MR) is 93.0 cm³/mol. The van der Waals surface area contributed by atoms with E-state index >= 15 is 0 Å². The molecule has 2 saturated heterocycles. The van der Waals surface area contributed by atoms with Gasteiger partial charge in [0, 0.05) is 25.7 Å². The number of ether oxygens (including phenoxy) is 2. The lowest BCUT2D eigenvalue weighted by Crippen LogP contribution is -2.25. The normalized spacial score (nSPS) is 22.1. The number of benzene rings is 1. The Labute approximate surface area is 152 Å². The molecule has 0 radical (unpaired) electrons. The van der Waals surface area contributed by atoms with Gasteiger partial charge in [-0.1, -0.05) is 6.07 Å². The van der Waals surface area contributed by atoms with Gasteiger partial charge < -0.3 is 14.8 Å². The zero-order valence-electron chi connectivity index (χ0n) is 14.0. The molecule has 2 aliphatic heterocycles. The zero-order valence-corrected chi connectivity index (χ0v) is 14.8. The third kappa shape index (κ3) is 4.59. The van der Waals surface area contributed by atoms with E-state index in [9.17, 15) is 14.9 Å². The van der Waals surface area contributed by atoms with Crippen molar-refractivity contribution in [3.8, 4) is 5.75 Å². The predicted octanol–water partition coefficient (Wildman–Crippen LogP) is 1.22. The topological polar surface area (TPSA) is 93.9 Å². The first-order valence-electron chi connectivity index (χ1n) is 7.97. The van der Waals surface area contributed by atoms with Crippen molar-refractivity contribution in [2.75, 3.05) is 39.9 Å². The second kappa shape index (κ2) is 8.46. The lowest BCUT2D eigenvalue weighted by molar-refractivity contribution is -0.385. The molecule has 0 bridgehead atoms. The Bertz CT molecular complexity index is 630. The quantitative estimate of drug-likeness (QED) is 0.456. The minimum atomic E-state index is -0.578. The Morgan fingerprint density at radius 1 is 1.36 bits per heavy atom. The third-order valence-corrected chi connectivity index (χ3v) is 4.66. The van der Waals surface area contributed by atoms with E-state index < -0.39 is 10.9 Å². The van der Waals surface area contributed by atoms with Crippen molar-refractivity contribution < 1.29 is 19.2 Å². The number of nitro benzene ring substituents is 1. The smallest absolute Gasteiger partial charge is 0.343 e. The summed E-state index contributed by atoms with van der Waals surface area (Å²) in [6.45, 7) is 4.49. The molecular weight excluding hydrogens is 350 g/mol. The molecule has 0 unspecified atom stereocenters. The molecule has 138 valence electrons. The molecule has 0 spiro atoms. The maximum Gasteiger partial charge on any atom is 0.343 e. The number of halogens is 1. The first kappa shape index (κ1) is 19.4. The van der Waals surface area contributed by atoms with Gasteiger partial charge in [0.1, 0.15) is 0 Å². The van der Waals surface area contributed by atoms with Gasteiger partial charge in [-0.2, -0.15) is 0 Å². The molecule has 0 saturated carbocycles. The Balaban J connectivity index is 0.00000225. The van der Waals surface area contributed by atoms with Crippen LogP contribution in [-0.2, 0) is 16.1 Å². The summed E-state index contributed by atoms with van der Waals surface area (Å²) in [5, 5.41) is 14.7. The molecule has 1 N–H and O–H groups in total. The standard InChI is InChI=1S/C16H21N3O5.ClH/c1-23-16(20)10-24-15-3-2-11(4-14(15)19(21)22)7-18-8-12-5-17-6-13(12)9-18;/h2-4,12-13,17H,5-10H2,1H3;1H/t12-,13+;. The Kier molecular flexibility index (Phi) is 6.57. The lowest BCUT2D eigenvalue weighted by atomic mass is 10.0. The average Bonchev–Trinajstić information content (AvgIpc) is 3.14. The number of nitrogens with zero attached hydrogens (tertiary/aromatic N) is 2. The molecule has 8 nitrogen and oxygen atoms in total. The molecule has 1 aromatic carbocycles. The van der Waals surface area contributed by atoms with Crippen LogP contribution >= 0.6 is 12.4 Å². The summed E-state index contributed by atoms with van der Waals surface area (Å²) in [7, 11) is 1.24. The lowest BCUT2D eigenvalue weighted by Gasteiger charge is -2.17. The summed E-state index contributed by atoms with van der Waals surface area (Å²) in [6, 6.07) is 4.89. The number of rotatable bonds is 6. The van der Waals surface area contributed by atoms with Crippen LogP contribution in [0.25, 0.3) is 0 Å². The molecule has 3 rings (SSSR count). The Morgan fingerprint density at radius 3 is 2.64 bits per heavy atom. The van der Waals surface area contributed by atoms with E-state index in [0.717, 1.165) is 31.7 Å². The summed E-state index contributed by atoms with van der Waals surface area (Å²) in [5.41, 5.74) is 0.748. The number of fused-ring (bicyclic) bond motifs is 1. The maximum absolute atomic E-state index is 11.3. The number of nitrogens with one attached hydrogen (secondary N) is 1. The molecule has 2 atom stereocenters. The highest BCUT2D eigenvalue weighted by atomic mass is 35.5. The van der Waals surface area contributed by atoms with E-state index in [0.29, 0.717) is 18.4 Å². The van der Waals surface area contributed by atoms with Crippen molar-refractivity contribution in [1.29, 1.82) is 0 Å². The van der Waals surface area contributed by atoms with Crippen LogP contribution in [0.4, 0.5) is 5.69 Å². The second-order valence-corrected chi connectivity index (χ2v) is 6.30. The zero-order chi connectivity index (χ0) is 17.1. The van der Waals surface area contributed by atoms with E-state index in [-0.39, 0.29) is 30.5 Å². The second-order valence-electron chi connectivity index (χ2n) is 6.30. The number of hydrogen-bond acceptors (Lipinski definition) is 7. The summed E-state index contributed by atoms with van der Waals surface area (Å²) in [4.78, 5) is 24.3. The monoisotopic (exact) mass is 371 g/mol. The first-order chi connectivity index (χ1) is 11.6. The van der Waals surface area contributed by atoms with Gasteiger partial charge in [0.15, 0.2) is 12.4 Å². The van der Waals surface area contributed by atoms with Crippen LogP contribution in [0, 0.1) is 22.0 Å². The number of likely N-dealkylation sites (tertiary alicyclic amines) is 1. The molecule has 2 fully saturated rings. The van der Waals surface area contributed by atoms with Crippen LogP contribution in [0.5, 0.6) is 5.75 Å². The number of nitro groups is 1. The van der Waals surface area contributed by atoms with E-state index in [1.54, 1.807) is 6.07 Å². The van der Waals surface area contributed by atoms with Gasteiger partial charge in [-0.15, -0.1) is 12.4 Å². The maximum atomic E-state index is 11.3. The van der Waals surface area contributed by atoms with E-state index in [2.05, 4.69) is 15.0 Å². The van der Waals surface area contributed by atoms with Crippen LogP contribution in [0.15, 0.2) is 18.2 Å². The fraction of sp³-hybridized carbons (Fsp3) is 0.562. The minimum Gasteiger partial charge on any atom is -0.475 e. The average molecular weight is 372 g/mol. The third-order valence-electron chi connectivity index (χ3n) is 4.66. The van der Waals surface area contributed by atoms with Gasteiger partial charge in [0.25, 0.3) is 0 Å². The van der Waals surface area contributed by atoms with Crippen molar-refractivity contribution in [3.05, 3.63) is 33.9 Å². The van der Waals surface area contributed by atoms with Gasteiger partial charge in [-0.3, -0.25) is 15.0 Å². The van der Waals surface area contributed by atoms with Crippen molar-refractivity contribution in [3.63, 3.8) is 0 Å². The highest BCUT2D eigenvalue weighted by Gasteiger charge is 2.35. The SMILES string of the molecule is COC(=O)COc1ccc(CN2C[C@H]3CNC[C@H]3C2)cc1[N+](=O)[O-].Cl. The van der Waals surface area contributed by atoms with Crippen LogP contribution in [0.2, 0.25) is 0 Å². The van der Waals surface area contributed by atoms with Crippen LogP contribution < -0.4 is 10.1 Å².